The molecule has 0 aliphatic heterocycles. The van der Waals surface area contributed by atoms with Gasteiger partial charge in [-0.3, -0.25) is 0 Å². The molecule has 0 aliphatic rings. The van der Waals surface area contributed by atoms with Crippen molar-refractivity contribution in [2.45, 2.75) is 39.2 Å². The van der Waals surface area contributed by atoms with Gasteiger partial charge in [0.1, 0.15) is 5.82 Å². The van der Waals surface area contributed by atoms with Crippen molar-refractivity contribution in [3.05, 3.63) is 44.6 Å². The Bertz CT molecular complexity index is 568. The van der Waals surface area contributed by atoms with Gasteiger partial charge in [0.15, 0.2) is 0 Å². The third kappa shape index (κ3) is 4.56. The third-order valence-corrected chi connectivity index (χ3v) is 4.58. The Hall–Kier alpha value is -0.850. The highest BCUT2D eigenvalue weighted by Crippen LogP contribution is 2.26. The van der Waals surface area contributed by atoms with E-state index in [0.717, 1.165) is 46.4 Å². The molecule has 0 radical (unpaired) electrons. The van der Waals surface area contributed by atoms with Crippen LogP contribution in [-0.4, -0.2) is 16.1 Å². The summed E-state index contributed by atoms with van der Waals surface area (Å²) in [5.41, 5.74) is 2.00. The quantitative estimate of drug-likeness (QED) is 0.788. The van der Waals surface area contributed by atoms with Crippen LogP contribution >= 0.6 is 27.5 Å². The van der Waals surface area contributed by atoms with Gasteiger partial charge in [0, 0.05) is 10.5 Å². The Morgan fingerprint density at radius 1 is 1.33 bits per heavy atom. The lowest BCUT2D eigenvalue weighted by molar-refractivity contribution is 0.530. The molecule has 0 fully saturated rings. The van der Waals surface area contributed by atoms with Gasteiger partial charge in [0.05, 0.1) is 10.6 Å². The van der Waals surface area contributed by atoms with E-state index in [1.165, 1.54) is 17.6 Å². The van der Waals surface area contributed by atoms with Gasteiger partial charge in [-0.25, -0.2) is 4.39 Å². The molecule has 1 aromatic heterocycles. The summed E-state index contributed by atoms with van der Waals surface area (Å²) in [6.45, 7) is 5.13. The van der Waals surface area contributed by atoms with Crippen LogP contribution in [0.25, 0.3) is 0 Å². The van der Waals surface area contributed by atoms with Crippen molar-refractivity contribution in [3.8, 4) is 0 Å². The molecule has 0 aliphatic carbocycles. The maximum atomic E-state index is 13.5. The zero-order valence-electron chi connectivity index (χ0n) is 12.2. The zero-order chi connectivity index (χ0) is 15.2. The molecule has 1 heterocycles. The molecule has 114 valence electrons. The van der Waals surface area contributed by atoms with Gasteiger partial charge >= 0.3 is 0 Å². The number of nitrogens with one attached hydrogen (secondary N) is 1. The van der Waals surface area contributed by atoms with E-state index in [1.54, 1.807) is 6.07 Å². The Morgan fingerprint density at radius 3 is 2.81 bits per heavy atom. The van der Waals surface area contributed by atoms with Gasteiger partial charge in [0.25, 0.3) is 0 Å². The van der Waals surface area contributed by atoms with Crippen molar-refractivity contribution in [2.75, 3.05) is 6.54 Å². The second-order valence-electron chi connectivity index (χ2n) is 4.93. The summed E-state index contributed by atoms with van der Waals surface area (Å²) in [6, 6.07) is 5.16. The molecule has 1 aromatic carbocycles. The summed E-state index contributed by atoms with van der Waals surface area (Å²) in [5.74, 6) is -0.216. The molecule has 21 heavy (non-hydrogen) atoms. The first-order valence-electron chi connectivity index (χ1n) is 7.13. The summed E-state index contributed by atoms with van der Waals surface area (Å²) in [5, 5.41) is 7.71. The van der Waals surface area contributed by atoms with Gasteiger partial charge in [-0.15, -0.1) is 5.10 Å². The van der Waals surface area contributed by atoms with Crippen LogP contribution in [0.2, 0.25) is 0 Å². The Labute approximate surface area is 137 Å². The second-order valence-corrected chi connectivity index (χ2v) is 6.63. The van der Waals surface area contributed by atoms with E-state index in [9.17, 15) is 4.39 Å². The van der Waals surface area contributed by atoms with Gasteiger partial charge in [-0.2, -0.15) is 0 Å². The fraction of sp³-hybridized carbons (Fsp3) is 0.467. The molecule has 3 nitrogen and oxygen atoms in total. The van der Waals surface area contributed by atoms with E-state index in [-0.39, 0.29) is 11.9 Å². The van der Waals surface area contributed by atoms with Crippen LogP contribution in [0.5, 0.6) is 0 Å². The number of aromatic nitrogens is 2. The predicted octanol–water partition coefficient (Wildman–Crippen LogP) is 4.29. The zero-order valence-corrected chi connectivity index (χ0v) is 14.6. The minimum Gasteiger partial charge on any atom is -0.309 e. The molecule has 6 heteroatoms. The average molecular weight is 372 g/mol. The lowest BCUT2D eigenvalue weighted by Crippen LogP contribution is -2.24. The van der Waals surface area contributed by atoms with E-state index < -0.39 is 0 Å². The van der Waals surface area contributed by atoms with Crippen molar-refractivity contribution in [1.29, 1.82) is 0 Å². The summed E-state index contributed by atoms with van der Waals surface area (Å²) < 4.78 is 18.4. The summed E-state index contributed by atoms with van der Waals surface area (Å²) in [7, 11) is 0. The summed E-state index contributed by atoms with van der Waals surface area (Å²) >= 11 is 4.78. The smallest absolute Gasteiger partial charge is 0.124 e. The van der Waals surface area contributed by atoms with E-state index in [4.69, 9.17) is 0 Å². The van der Waals surface area contributed by atoms with Gasteiger partial charge in [-0.1, -0.05) is 34.3 Å². The molecule has 0 spiro atoms. The van der Waals surface area contributed by atoms with E-state index >= 15 is 0 Å². The molecule has 1 N–H and O–H groups in total. The molecule has 1 unspecified atom stereocenters. The highest BCUT2D eigenvalue weighted by atomic mass is 79.9. The van der Waals surface area contributed by atoms with Gasteiger partial charge in [-0.05, 0) is 61.1 Å². The maximum absolute atomic E-state index is 13.5. The molecule has 2 rings (SSSR count). The standard InChI is InChI=1S/C15H19BrFN3S/c1-3-5-18-14(15-13(4-2)19-20-21-15)8-10-6-11(16)9-12(17)7-10/h6-7,9,14,18H,3-5,8H2,1-2H3. The van der Waals surface area contributed by atoms with Crippen molar-refractivity contribution in [1.82, 2.24) is 14.9 Å². The minimum absolute atomic E-state index is 0.133. The van der Waals surface area contributed by atoms with E-state index in [1.807, 2.05) is 6.07 Å². The lowest BCUT2D eigenvalue weighted by atomic mass is 10.0. The van der Waals surface area contributed by atoms with Crippen molar-refractivity contribution < 1.29 is 4.39 Å². The van der Waals surface area contributed by atoms with Crippen LogP contribution in [0.3, 0.4) is 0 Å². The number of aryl methyl sites for hydroxylation is 1. The van der Waals surface area contributed by atoms with Crippen molar-refractivity contribution >= 4 is 27.5 Å². The SMILES string of the molecule is CCCNC(Cc1cc(F)cc(Br)c1)c1snnc1CC. The van der Waals surface area contributed by atoms with Crippen LogP contribution in [-0.2, 0) is 12.8 Å². The predicted molar refractivity (Wildman–Crippen MR) is 88.1 cm³/mol. The highest BCUT2D eigenvalue weighted by Gasteiger charge is 2.19. The fourth-order valence-corrected chi connectivity index (χ4v) is 3.59. The molecule has 0 saturated heterocycles. The topological polar surface area (TPSA) is 37.8 Å². The lowest BCUT2D eigenvalue weighted by Gasteiger charge is -2.18. The van der Waals surface area contributed by atoms with Crippen LogP contribution in [0, 0.1) is 5.82 Å². The maximum Gasteiger partial charge on any atom is 0.124 e. The summed E-state index contributed by atoms with van der Waals surface area (Å²) in [6.07, 6.45) is 2.65. The van der Waals surface area contributed by atoms with Gasteiger partial charge in [0.2, 0.25) is 0 Å². The minimum atomic E-state index is -0.216. The summed E-state index contributed by atoms with van der Waals surface area (Å²) in [4.78, 5) is 1.16. The Balaban J connectivity index is 2.23. The normalized spacial score (nSPS) is 12.6. The van der Waals surface area contributed by atoms with Crippen molar-refractivity contribution in [2.24, 2.45) is 0 Å². The number of benzene rings is 1. The number of nitrogens with zero attached hydrogens (tertiary/aromatic N) is 2. The Morgan fingerprint density at radius 2 is 2.14 bits per heavy atom. The molecular weight excluding hydrogens is 353 g/mol. The third-order valence-electron chi connectivity index (χ3n) is 3.24. The molecule has 0 amide bonds. The molecule has 1 atom stereocenters. The van der Waals surface area contributed by atoms with E-state index in [2.05, 4.69) is 44.7 Å². The van der Waals surface area contributed by atoms with Crippen molar-refractivity contribution in [3.63, 3.8) is 0 Å². The number of halogens is 2. The van der Waals surface area contributed by atoms with Crippen LogP contribution in [0.1, 0.15) is 42.4 Å². The monoisotopic (exact) mass is 371 g/mol. The molecule has 2 aromatic rings. The highest BCUT2D eigenvalue weighted by molar-refractivity contribution is 9.10. The van der Waals surface area contributed by atoms with Crippen LogP contribution < -0.4 is 5.32 Å². The number of rotatable bonds is 7. The molecular formula is C15H19BrFN3S. The molecule has 0 saturated carbocycles. The number of hydrogen-bond donors (Lipinski definition) is 1. The first-order valence-corrected chi connectivity index (χ1v) is 8.70. The van der Waals surface area contributed by atoms with E-state index in [0.29, 0.717) is 0 Å². The average Bonchev–Trinajstić information content (AvgIpc) is 2.90. The second kappa shape index (κ2) is 7.96. The van der Waals surface area contributed by atoms with Crippen LogP contribution in [0.4, 0.5) is 4.39 Å². The molecule has 0 bridgehead atoms. The van der Waals surface area contributed by atoms with Gasteiger partial charge < -0.3 is 5.32 Å². The Kier molecular flexibility index (Phi) is 6.26. The first kappa shape index (κ1) is 16.5. The number of hydrogen-bond acceptors (Lipinski definition) is 4. The largest absolute Gasteiger partial charge is 0.309 e. The van der Waals surface area contributed by atoms with Crippen LogP contribution in [0.15, 0.2) is 22.7 Å². The fourth-order valence-electron chi connectivity index (χ4n) is 2.27. The first-order chi connectivity index (χ1) is 10.1.